The van der Waals surface area contributed by atoms with Gasteiger partial charge in [-0.05, 0) is 40.2 Å². The van der Waals surface area contributed by atoms with Crippen LogP contribution in [0, 0.1) is 10.1 Å². The van der Waals surface area contributed by atoms with Crippen molar-refractivity contribution in [3.8, 4) is 0 Å². The average Bonchev–Trinajstić information content (AvgIpc) is 2.34. The van der Waals surface area contributed by atoms with Crippen molar-refractivity contribution in [2.24, 2.45) is 0 Å². The molecule has 18 heavy (non-hydrogen) atoms. The normalized spacial score (nSPS) is 10.1. The fourth-order valence-corrected chi connectivity index (χ4v) is 1.72. The van der Waals surface area contributed by atoms with Gasteiger partial charge in [0.05, 0.1) is 9.95 Å². The zero-order chi connectivity index (χ0) is 13.1. The number of nitro groups is 1. The highest BCUT2D eigenvalue weighted by Gasteiger charge is 2.05. The van der Waals surface area contributed by atoms with Crippen LogP contribution < -0.4 is 5.32 Å². The van der Waals surface area contributed by atoms with Gasteiger partial charge >= 0.3 is 0 Å². The smallest absolute Gasteiger partial charge is 0.287 e. The van der Waals surface area contributed by atoms with Crippen LogP contribution in [0.25, 0.3) is 0 Å². The van der Waals surface area contributed by atoms with Crippen LogP contribution in [-0.4, -0.2) is 9.91 Å². The van der Waals surface area contributed by atoms with Crippen LogP contribution >= 0.6 is 27.5 Å². The lowest BCUT2D eigenvalue weighted by atomic mass is 10.3. The van der Waals surface area contributed by atoms with Crippen molar-refractivity contribution < 1.29 is 4.92 Å². The molecule has 7 heteroatoms. The number of benzene rings is 1. The minimum Gasteiger partial charge on any atom is -0.340 e. The first-order valence-corrected chi connectivity index (χ1v) is 6.06. The highest BCUT2D eigenvalue weighted by molar-refractivity contribution is 9.10. The lowest BCUT2D eigenvalue weighted by Gasteiger charge is -2.06. The quantitative estimate of drug-likeness (QED) is 0.679. The van der Waals surface area contributed by atoms with Crippen LogP contribution in [0.3, 0.4) is 0 Å². The first-order chi connectivity index (χ1) is 8.56. The number of pyridine rings is 1. The van der Waals surface area contributed by atoms with Gasteiger partial charge in [-0.25, -0.2) is 4.98 Å². The van der Waals surface area contributed by atoms with E-state index in [0.29, 0.717) is 10.8 Å². The highest BCUT2D eigenvalue weighted by atomic mass is 79.9. The monoisotopic (exact) mass is 327 g/mol. The number of rotatable bonds is 3. The van der Waals surface area contributed by atoms with Crippen molar-refractivity contribution in [1.82, 2.24) is 4.98 Å². The van der Waals surface area contributed by atoms with E-state index < -0.39 is 4.92 Å². The van der Waals surface area contributed by atoms with Crippen LogP contribution in [0.2, 0.25) is 5.02 Å². The molecule has 0 atom stereocenters. The van der Waals surface area contributed by atoms with Crippen LogP contribution in [-0.2, 0) is 0 Å². The standard InChI is InChI=1S/C11H7BrClN3O2/c12-9-3-1-7(5-10(9)13)15-11-4-2-8(6-14-11)16(17)18/h1-6H,(H,14,15). The van der Waals surface area contributed by atoms with Crippen LogP contribution in [0.15, 0.2) is 41.0 Å². The Hall–Kier alpha value is -1.66. The average molecular weight is 329 g/mol. The van der Waals surface area contributed by atoms with E-state index in [9.17, 15) is 10.1 Å². The number of aromatic nitrogens is 1. The molecule has 1 aromatic carbocycles. The fourth-order valence-electron chi connectivity index (χ4n) is 1.29. The van der Waals surface area contributed by atoms with Gasteiger partial charge in [0, 0.05) is 16.2 Å². The van der Waals surface area contributed by atoms with Crippen LogP contribution in [0.1, 0.15) is 0 Å². The zero-order valence-corrected chi connectivity index (χ0v) is 11.3. The molecule has 0 bridgehead atoms. The molecule has 5 nitrogen and oxygen atoms in total. The van der Waals surface area contributed by atoms with E-state index in [1.807, 2.05) is 6.07 Å². The maximum atomic E-state index is 10.5. The van der Waals surface area contributed by atoms with Crippen molar-refractivity contribution in [1.29, 1.82) is 0 Å². The maximum absolute atomic E-state index is 10.5. The van der Waals surface area contributed by atoms with E-state index in [2.05, 4.69) is 26.2 Å². The molecule has 0 aliphatic carbocycles. The summed E-state index contributed by atoms with van der Waals surface area (Å²) in [4.78, 5) is 13.9. The molecule has 0 spiro atoms. The molecule has 0 unspecified atom stereocenters. The second-order valence-electron chi connectivity index (χ2n) is 3.41. The molecule has 0 radical (unpaired) electrons. The van der Waals surface area contributed by atoms with Crippen molar-refractivity contribution in [2.45, 2.75) is 0 Å². The van der Waals surface area contributed by atoms with Crippen molar-refractivity contribution in [3.05, 3.63) is 56.1 Å². The third kappa shape index (κ3) is 2.96. The number of halogens is 2. The summed E-state index contributed by atoms with van der Waals surface area (Å²) in [5, 5.41) is 14.0. The lowest BCUT2D eigenvalue weighted by molar-refractivity contribution is -0.385. The molecular formula is C11H7BrClN3O2. The summed E-state index contributed by atoms with van der Waals surface area (Å²) in [6.07, 6.45) is 1.20. The maximum Gasteiger partial charge on any atom is 0.287 e. The molecular weight excluding hydrogens is 321 g/mol. The third-order valence-electron chi connectivity index (χ3n) is 2.15. The Morgan fingerprint density at radius 3 is 2.67 bits per heavy atom. The van der Waals surface area contributed by atoms with E-state index in [1.165, 1.54) is 18.3 Å². The van der Waals surface area contributed by atoms with Crippen LogP contribution in [0.5, 0.6) is 0 Å². The molecule has 0 aliphatic heterocycles. The van der Waals surface area contributed by atoms with E-state index >= 15 is 0 Å². The van der Waals surface area contributed by atoms with E-state index in [-0.39, 0.29) is 5.69 Å². The number of hydrogen-bond donors (Lipinski definition) is 1. The number of nitrogens with zero attached hydrogens (tertiary/aromatic N) is 2. The van der Waals surface area contributed by atoms with Gasteiger partial charge in [-0.2, -0.15) is 0 Å². The fraction of sp³-hybridized carbons (Fsp3) is 0. The Balaban J connectivity index is 2.18. The summed E-state index contributed by atoms with van der Waals surface area (Å²) in [7, 11) is 0. The van der Waals surface area contributed by atoms with Gasteiger partial charge in [0.2, 0.25) is 0 Å². The summed E-state index contributed by atoms with van der Waals surface area (Å²) in [6.45, 7) is 0. The molecule has 0 amide bonds. The van der Waals surface area contributed by atoms with E-state index in [0.717, 1.165) is 10.2 Å². The van der Waals surface area contributed by atoms with Gasteiger partial charge in [-0.3, -0.25) is 10.1 Å². The van der Waals surface area contributed by atoms with Crippen molar-refractivity contribution in [2.75, 3.05) is 5.32 Å². The Morgan fingerprint density at radius 2 is 2.11 bits per heavy atom. The van der Waals surface area contributed by atoms with Crippen molar-refractivity contribution in [3.63, 3.8) is 0 Å². The van der Waals surface area contributed by atoms with Crippen molar-refractivity contribution >= 4 is 44.7 Å². The summed E-state index contributed by atoms with van der Waals surface area (Å²) >= 11 is 9.24. The predicted molar refractivity (Wildman–Crippen MR) is 73.3 cm³/mol. The highest BCUT2D eigenvalue weighted by Crippen LogP contribution is 2.27. The molecule has 1 heterocycles. The molecule has 1 aromatic heterocycles. The van der Waals surface area contributed by atoms with E-state index in [1.54, 1.807) is 12.1 Å². The second kappa shape index (κ2) is 5.32. The summed E-state index contributed by atoms with van der Waals surface area (Å²) < 4.78 is 0.798. The molecule has 0 saturated carbocycles. The first-order valence-electron chi connectivity index (χ1n) is 4.89. The van der Waals surface area contributed by atoms with E-state index in [4.69, 9.17) is 11.6 Å². The zero-order valence-electron chi connectivity index (χ0n) is 8.93. The van der Waals surface area contributed by atoms with Gasteiger partial charge in [-0.1, -0.05) is 11.6 Å². The molecule has 0 saturated heterocycles. The Bertz CT molecular complexity index is 589. The van der Waals surface area contributed by atoms with Crippen LogP contribution in [0.4, 0.5) is 17.2 Å². The minimum atomic E-state index is -0.493. The predicted octanol–water partition coefficient (Wildman–Crippen LogP) is 4.15. The summed E-state index contributed by atoms with van der Waals surface area (Å²) in [6, 6.07) is 8.27. The number of hydrogen-bond acceptors (Lipinski definition) is 4. The van der Waals surface area contributed by atoms with Gasteiger partial charge in [0.25, 0.3) is 5.69 Å². The molecule has 0 fully saturated rings. The summed E-state index contributed by atoms with van der Waals surface area (Å²) in [5.74, 6) is 0.513. The third-order valence-corrected chi connectivity index (χ3v) is 3.38. The minimum absolute atomic E-state index is 0.0469. The summed E-state index contributed by atoms with van der Waals surface area (Å²) in [5.41, 5.74) is 0.707. The molecule has 1 N–H and O–H groups in total. The molecule has 0 aliphatic rings. The SMILES string of the molecule is O=[N+]([O-])c1ccc(Nc2ccc(Br)c(Cl)c2)nc1. The first kappa shape index (κ1) is 12.8. The molecule has 2 aromatic rings. The van der Waals surface area contributed by atoms with Gasteiger partial charge in [0.15, 0.2) is 0 Å². The molecule has 92 valence electrons. The largest absolute Gasteiger partial charge is 0.340 e. The number of anilines is 2. The second-order valence-corrected chi connectivity index (χ2v) is 4.67. The van der Waals surface area contributed by atoms with Gasteiger partial charge in [0.1, 0.15) is 12.0 Å². The van der Waals surface area contributed by atoms with Gasteiger partial charge < -0.3 is 5.32 Å². The van der Waals surface area contributed by atoms with Gasteiger partial charge in [-0.15, -0.1) is 0 Å². The lowest BCUT2D eigenvalue weighted by Crippen LogP contribution is -1.95. The Morgan fingerprint density at radius 1 is 1.33 bits per heavy atom. The Kier molecular flexibility index (Phi) is 3.78. The number of nitrogens with one attached hydrogen (secondary N) is 1. The molecule has 2 rings (SSSR count). The Labute approximate surface area is 116 Å². The topological polar surface area (TPSA) is 68.1 Å².